The molecule has 3 heterocycles. The summed E-state index contributed by atoms with van der Waals surface area (Å²) < 4.78 is 2.08. The van der Waals surface area contributed by atoms with Crippen LogP contribution in [-0.4, -0.2) is 81.4 Å². The Balaban J connectivity index is 0.00000384. The molecule has 230 valence electrons. The number of rotatable bonds is 9. The van der Waals surface area contributed by atoms with Crippen LogP contribution in [0.15, 0.2) is 85.2 Å². The standard InChI is InChI=1S/C35H41N7O.ClH/c1-25-12-11-17-31(27(25)3)41-21-20-40(26(2)22-41)19-18-30(43)23-39(4)34-32-35(37-24-36-34)42(29-15-9-6-10-16-29)33(38-32)28-13-7-5-8-14-28;/h5-17,24,26,30,43H,18-23H2,1-4H3;1H/t26-,30?;/m0./s1. The fraction of sp³-hybridized carbons (Fsp3) is 0.343. The molecule has 0 amide bonds. The van der Waals surface area contributed by atoms with E-state index in [0.29, 0.717) is 24.8 Å². The molecule has 1 fully saturated rings. The maximum atomic E-state index is 11.1. The number of imidazole rings is 1. The van der Waals surface area contributed by atoms with E-state index in [-0.39, 0.29) is 12.4 Å². The van der Waals surface area contributed by atoms with E-state index in [1.807, 2.05) is 48.3 Å². The zero-order chi connectivity index (χ0) is 29.9. The van der Waals surface area contributed by atoms with Gasteiger partial charge in [-0.2, -0.15) is 0 Å². The third kappa shape index (κ3) is 6.43. The highest BCUT2D eigenvalue weighted by Crippen LogP contribution is 2.31. The quantitative estimate of drug-likeness (QED) is 0.222. The first-order chi connectivity index (χ1) is 20.9. The van der Waals surface area contributed by atoms with Gasteiger partial charge in [0.1, 0.15) is 12.2 Å². The SMILES string of the molecule is Cc1cccc(N2CCN(CCC(O)CN(C)c3ncnc4c3nc(-c3ccccc3)n4-c3ccccc3)[C@@H](C)C2)c1C.Cl. The summed E-state index contributed by atoms with van der Waals surface area (Å²) in [5, 5.41) is 11.1. The minimum absolute atomic E-state index is 0. The molecule has 5 aromatic rings. The van der Waals surface area contributed by atoms with Crippen molar-refractivity contribution in [3.05, 3.63) is 96.3 Å². The number of halogens is 1. The van der Waals surface area contributed by atoms with Crippen molar-refractivity contribution in [2.75, 3.05) is 49.6 Å². The average Bonchev–Trinajstić information content (AvgIpc) is 3.42. The van der Waals surface area contributed by atoms with Gasteiger partial charge >= 0.3 is 0 Å². The van der Waals surface area contributed by atoms with Gasteiger partial charge in [-0.3, -0.25) is 9.47 Å². The minimum atomic E-state index is -0.496. The number of aryl methyl sites for hydroxylation is 1. The number of benzene rings is 3. The lowest BCUT2D eigenvalue weighted by Crippen LogP contribution is -2.52. The fourth-order valence-corrected chi connectivity index (χ4v) is 6.20. The van der Waals surface area contributed by atoms with Gasteiger partial charge in [-0.25, -0.2) is 15.0 Å². The van der Waals surface area contributed by atoms with Crippen molar-refractivity contribution in [2.24, 2.45) is 0 Å². The number of likely N-dealkylation sites (N-methyl/N-ethyl adjacent to an activating group) is 1. The number of aliphatic hydroxyl groups is 1. The van der Waals surface area contributed by atoms with Gasteiger partial charge in [-0.05, 0) is 56.5 Å². The van der Waals surface area contributed by atoms with Gasteiger partial charge in [-0.1, -0.05) is 60.7 Å². The lowest BCUT2D eigenvalue weighted by Gasteiger charge is -2.42. The topological polar surface area (TPSA) is 73.6 Å². The van der Waals surface area contributed by atoms with Crippen molar-refractivity contribution in [3.8, 4) is 17.1 Å². The Labute approximate surface area is 266 Å². The van der Waals surface area contributed by atoms with Gasteiger partial charge in [-0.15, -0.1) is 12.4 Å². The van der Waals surface area contributed by atoms with E-state index >= 15 is 0 Å². The van der Waals surface area contributed by atoms with Gasteiger partial charge in [0.25, 0.3) is 0 Å². The second-order valence-corrected chi connectivity index (χ2v) is 11.7. The second kappa shape index (κ2) is 13.8. The molecule has 8 nitrogen and oxygen atoms in total. The number of nitrogens with zero attached hydrogens (tertiary/aromatic N) is 7. The van der Waals surface area contributed by atoms with E-state index in [1.165, 1.54) is 16.8 Å². The summed E-state index contributed by atoms with van der Waals surface area (Å²) in [4.78, 5) is 21.4. The molecule has 0 saturated carbocycles. The second-order valence-electron chi connectivity index (χ2n) is 11.7. The van der Waals surface area contributed by atoms with Gasteiger partial charge in [0.2, 0.25) is 0 Å². The number of aromatic nitrogens is 4. The molecule has 2 aromatic heterocycles. The number of anilines is 2. The number of piperazine rings is 1. The van der Waals surface area contributed by atoms with Crippen LogP contribution >= 0.6 is 12.4 Å². The molecular weight excluding hydrogens is 570 g/mol. The number of hydrogen-bond acceptors (Lipinski definition) is 7. The first kappa shape index (κ1) is 31.4. The fourth-order valence-electron chi connectivity index (χ4n) is 6.20. The lowest BCUT2D eigenvalue weighted by molar-refractivity contribution is 0.124. The largest absolute Gasteiger partial charge is 0.391 e. The van der Waals surface area contributed by atoms with Crippen LogP contribution in [0.2, 0.25) is 0 Å². The van der Waals surface area contributed by atoms with Crippen molar-refractivity contribution >= 4 is 35.1 Å². The average molecular weight is 612 g/mol. The van der Waals surface area contributed by atoms with Gasteiger partial charge in [0, 0.05) is 62.8 Å². The van der Waals surface area contributed by atoms with Crippen LogP contribution in [0.25, 0.3) is 28.2 Å². The van der Waals surface area contributed by atoms with E-state index in [4.69, 9.17) is 4.98 Å². The Morgan fingerprint density at radius 2 is 1.66 bits per heavy atom. The monoisotopic (exact) mass is 611 g/mol. The molecule has 1 unspecified atom stereocenters. The van der Waals surface area contributed by atoms with Crippen molar-refractivity contribution in [1.29, 1.82) is 0 Å². The smallest absolute Gasteiger partial charge is 0.170 e. The van der Waals surface area contributed by atoms with Crippen LogP contribution in [-0.2, 0) is 0 Å². The summed E-state index contributed by atoms with van der Waals surface area (Å²) in [5.74, 6) is 1.53. The highest BCUT2D eigenvalue weighted by Gasteiger charge is 2.26. The molecule has 9 heteroatoms. The summed E-state index contributed by atoms with van der Waals surface area (Å²) in [6.45, 7) is 11.0. The summed E-state index contributed by atoms with van der Waals surface area (Å²) in [7, 11) is 1.97. The Bertz CT molecular complexity index is 1680. The molecule has 2 atom stereocenters. The molecule has 0 radical (unpaired) electrons. The van der Waals surface area contributed by atoms with Crippen LogP contribution in [0.3, 0.4) is 0 Å². The molecular formula is C35H42ClN7O. The molecule has 6 rings (SSSR count). The highest BCUT2D eigenvalue weighted by atomic mass is 35.5. The van der Waals surface area contributed by atoms with E-state index in [2.05, 4.69) is 87.6 Å². The van der Waals surface area contributed by atoms with Gasteiger partial charge < -0.3 is 14.9 Å². The first-order valence-electron chi connectivity index (χ1n) is 15.2. The molecule has 1 aliphatic rings. The van der Waals surface area contributed by atoms with Crippen LogP contribution in [0.1, 0.15) is 24.5 Å². The van der Waals surface area contributed by atoms with Gasteiger partial charge in [0.05, 0.1) is 6.10 Å². The molecule has 44 heavy (non-hydrogen) atoms. The predicted molar refractivity (Wildman–Crippen MR) is 182 cm³/mol. The molecule has 1 N–H and O–H groups in total. The maximum Gasteiger partial charge on any atom is 0.170 e. The summed E-state index contributed by atoms with van der Waals surface area (Å²) in [6.07, 6.45) is 1.79. The summed E-state index contributed by atoms with van der Waals surface area (Å²) in [6, 6.07) is 27.3. The molecule has 3 aromatic carbocycles. The van der Waals surface area contributed by atoms with Crippen molar-refractivity contribution < 1.29 is 5.11 Å². The number of aliphatic hydroxyl groups excluding tert-OH is 1. The van der Waals surface area contributed by atoms with Gasteiger partial charge in [0.15, 0.2) is 17.0 Å². The summed E-state index contributed by atoms with van der Waals surface area (Å²) >= 11 is 0. The number of para-hydroxylation sites is 1. The third-order valence-corrected chi connectivity index (χ3v) is 8.75. The Morgan fingerprint density at radius 3 is 2.39 bits per heavy atom. The van der Waals surface area contributed by atoms with Crippen molar-refractivity contribution in [1.82, 2.24) is 24.4 Å². The third-order valence-electron chi connectivity index (χ3n) is 8.75. The molecule has 1 aliphatic heterocycles. The van der Waals surface area contributed by atoms with E-state index in [1.54, 1.807) is 6.33 Å². The number of fused-ring (bicyclic) bond motifs is 1. The zero-order valence-electron chi connectivity index (χ0n) is 26.0. The minimum Gasteiger partial charge on any atom is -0.391 e. The molecule has 0 spiro atoms. The Hall–Kier alpha value is -3.98. The molecule has 0 bridgehead atoms. The Morgan fingerprint density at radius 1 is 0.932 bits per heavy atom. The van der Waals surface area contributed by atoms with E-state index < -0.39 is 6.10 Å². The van der Waals surface area contributed by atoms with E-state index in [9.17, 15) is 5.11 Å². The van der Waals surface area contributed by atoms with Crippen molar-refractivity contribution in [2.45, 2.75) is 39.3 Å². The summed E-state index contributed by atoms with van der Waals surface area (Å²) in [5.41, 5.74) is 7.50. The van der Waals surface area contributed by atoms with E-state index in [0.717, 1.165) is 54.4 Å². The maximum absolute atomic E-state index is 11.1. The normalized spacial score (nSPS) is 16.1. The van der Waals surface area contributed by atoms with Crippen molar-refractivity contribution in [3.63, 3.8) is 0 Å². The first-order valence-corrected chi connectivity index (χ1v) is 15.2. The zero-order valence-corrected chi connectivity index (χ0v) is 26.8. The Kier molecular flexibility index (Phi) is 9.84. The van der Waals surface area contributed by atoms with Crippen LogP contribution in [0.4, 0.5) is 11.5 Å². The van der Waals surface area contributed by atoms with Crippen LogP contribution < -0.4 is 9.80 Å². The lowest BCUT2D eigenvalue weighted by atomic mass is 10.1. The predicted octanol–water partition coefficient (Wildman–Crippen LogP) is 5.92. The molecule has 1 saturated heterocycles. The van der Waals surface area contributed by atoms with Crippen LogP contribution in [0.5, 0.6) is 0 Å². The molecule has 0 aliphatic carbocycles. The number of hydrogen-bond donors (Lipinski definition) is 1. The van der Waals surface area contributed by atoms with Crippen LogP contribution in [0, 0.1) is 13.8 Å². The highest BCUT2D eigenvalue weighted by molar-refractivity contribution is 5.88.